The Morgan fingerprint density at radius 3 is 2.52 bits per heavy atom. The number of rotatable bonds is 6. The first-order valence-electron chi connectivity index (χ1n) is 7.52. The molecule has 1 heterocycles. The predicted molar refractivity (Wildman–Crippen MR) is 101 cm³/mol. The Morgan fingerprint density at radius 2 is 2.00 bits per heavy atom. The molecule has 0 aromatic heterocycles. The first kappa shape index (κ1) is 19.3. The van der Waals surface area contributed by atoms with Crippen LogP contribution < -0.4 is 9.47 Å². The van der Waals surface area contributed by atoms with E-state index in [0.29, 0.717) is 22.0 Å². The molecule has 1 N–H and O–H groups in total. The molecule has 0 aliphatic carbocycles. The zero-order chi connectivity index (χ0) is 18.7. The van der Waals surface area contributed by atoms with Crippen molar-refractivity contribution in [3.63, 3.8) is 0 Å². The average Bonchev–Trinajstić information content (AvgIpc) is 2.82. The van der Waals surface area contributed by atoms with E-state index in [1.54, 1.807) is 45.2 Å². The summed E-state index contributed by atoms with van der Waals surface area (Å²) < 4.78 is 10.7. The quantitative estimate of drug-likeness (QED) is 0.599. The molecule has 1 aromatic rings. The van der Waals surface area contributed by atoms with Crippen LogP contribution in [0, 0.1) is 5.92 Å². The summed E-state index contributed by atoms with van der Waals surface area (Å²) >= 11 is 6.33. The number of carbonyl (C=O) groups is 2. The van der Waals surface area contributed by atoms with Gasteiger partial charge in [0.15, 0.2) is 0 Å². The number of carbonyl (C=O) groups excluding carboxylic acids is 1. The number of thiocarbonyl (C=S) groups is 1. The molecule has 1 amide bonds. The zero-order valence-electron chi connectivity index (χ0n) is 14.3. The number of benzene rings is 1. The third-order valence-electron chi connectivity index (χ3n) is 3.71. The first-order valence-corrected chi connectivity index (χ1v) is 8.74. The van der Waals surface area contributed by atoms with Crippen LogP contribution in [0.25, 0.3) is 6.08 Å². The molecule has 1 aliphatic heterocycles. The number of carboxylic acids is 1. The van der Waals surface area contributed by atoms with E-state index in [0.717, 1.165) is 11.8 Å². The van der Waals surface area contributed by atoms with E-state index in [1.165, 1.54) is 12.0 Å². The Hall–Kier alpha value is -2.06. The predicted octanol–water partition coefficient (Wildman–Crippen LogP) is 3.01. The minimum absolute atomic E-state index is 0.235. The van der Waals surface area contributed by atoms with Gasteiger partial charge in [-0.15, -0.1) is 0 Å². The molecular formula is C17H19NO5S2. The van der Waals surface area contributed by atoms with Crippen molar-refractivity contribution in [1.82, 2.24) is 4.90 Å². The Balaban J connectivity index is 2.42. The third-order valence-corrected chi connectivity index (χ3v) is 5.04. The van der Waals surface area contributed by atoms with E-state index < -0.39 is 17.9 Å². The highest BCUT2D eigenvalue weighted by Gasteiger charge is 2.41. The van der Waals surface area contributed by atoms with Crippen LogP contribution in [0.2, 0.25) is 0 Å². The summed E-state index contributed by atoms with van der Waals surface area (Å²) in [7, 11) is 3.08. The van der Waals surface area contributed by atoms with Crippen molar-refractivity contribution in [2.24, 2.45) is 5.92 Å². The molecule has 1 aliphatic rings. The summed E-state index contributed by atoms with van der Waals surface area (Å²) in [5.74, 6) is -0.573. The SMILES string of the molecule is COc1ccc(OC)c(C=C2SC(=S)N(C(C(=O)O)C(C)C)C2=O)c1. The highest BCUT2D eigenvalue weighted by atomic mass is 32.2. The van der Waals surface area contributed by atoms with Crippen LogP contribution in [-0.2, 0) is 9.59 Å². The van der Waals surface area contributed by atoms with Gasteiger partial charge in [-0.1, -0.05) is 37.8 Å². The van der Waals surface area contributed by atoms with Crippen molar-refractivity contribution in [3.05, 3.63) is 28.7 Å². The molecular weight excluding hydrogens is 362 g/mol. The Labute approximate surface area is 155 Å². The number of aliphatic carboxylic acids is 1. The Bertz CT molecular complexity index is 745. The summed E-state index contributed by atoms with van der Waals surface area (Å²) in [6, 6.07) is 4.23. The molecule has 0 radical (unpaired) electrons. The lowest BCUT2D eigenvalue weighted by Crippen LogP contribution is -2.47. The molecule has 1 atom stereocenters. The van der Waals surface area contributed by atoms with Crippen molar-refractivity contribution in [3.8, 4) is 11.5 Å². The monoisotopic (exact) mass is 381 g/mol. The number of methoxy groups -OCH3 is 2. The average molecular weight is 381 g/mol. The fourth-order valence-electron chi connectivity index (χ4n) is 2.51. The van der Waals surface area contributed by atoms with Crippen LogP contribution in [0.1, 0.15) is 19.4 Å². The second-order valence-corrected chi connectivity index (χ2v) is 7.36. The molecule has 1 fully saturated rings. The molecule has 0 spiro atoms. The lowest BCUT2D eigenvalue weighted by molar-refractivity contribution is -0.146. The standard InChI is InChI=1S/C17H19NO5S2/c1-9(2)14(16(20)21)18-15(19)13(25-17(18)24)8-10-7-11(22-3)5-6-12(10)23-4/h5-9,14H,1-4H3,(H,20,21). The van der Waals surface area contributed by atoms with Crippen LogP contribution in [0.3, 0.4) is 0 Å². The maximum absolute atomic E-state index is 12.7. The molecule has 25 heavy (non-hydrogen) atoms. The van der Waals surface area contributed by atoms with Gasteiger partial charge in [-0.3, -0.25) is 9.69 Å². The maximum atomic E-state index is 12.7. The van der Waals surface area contributed by atoms with E-state index >= 15 is 0 Å². The van der Waals surface area contributed by atoms with E-state index in [4.69, 9.17) is 21.7 Å². The Kier molecular flexibility index (Phi) is 6.07. The van der Waals surface area contributed by atoms with Gasteiger partial charge in [0.05, 0.1) is 19.1 Å². The molecule has 8 heteroatoms. The number of hydrogen-bond donors (Lipinski definition) is 1. The molecule has 2 rings (SSSR count). The molecule has 1 saturated heterocycles. The number of ether oxygens (including phenoxy) is 2. The fourth-order valence-corrected chi connectivity index (χ4v) is 3.83. The smallest absolute Gasteiger partial charge is 0.327 e. The van der Waals surface area contributed by atoms with Crippen LogP contribution in [0.4, 0.5) is 0 Å². The van der Waals surface area contributed by atoms with Gasteiger partial charge in [-0.05, 0) is 30.2 Å². The van der Waals surface area contributed by atoms with Gasteiger partial charge < -0.3 is 14.6 Å². The minimum atomic E-state index is -1.08. The number of nitrogens with zero attached hydrogens (tertiary/aromatic N) is 1. The molecule has 1 unspecified atom stereocenters. The molecule has 6 nitrogen and oxygen atoms in total. The van der Waals surface area contributed by atoms with Gasteiger partial charge >= 0.3 is 5.97 Å². The second kappa shape index (κ2) is 7.88. The number of thioether (sulfide) groups is 1. The van der Waals surface area contributed by atoms with E-state index in [9.17, 15) is 14.7 Å². The van der Waals surface area contributed by atoms with Crippen LogP contribution in [0.15, 0.2) is 23.1 Å². The minimum Gasteiger partial charge on any atom is -0.497 e. The van der Waals surface area contributed by atoms with Crippen molar-refractivity contribution in [2.75, 3.05) is 14.2 Å². The second-order valence-electron chi connectivity index (χ2n) is 5.69. The molecule has 134 valence electrons. The summed E-state index contributed by atoms with van der Waals surface area (Å²) in [6.07, 6.45) is 1.64. The van der Waals surface area contributed by atoms with E-state index in [1.807, 2.05) is 0 Å². The van der Waals surface area contributed by atoms with Gasteiger partial charge in [-0.2, -0.15) is 0 Å². The van der Waals surface area contributed by atoms with Crippen LogP contribution in [0.5, 0.6) is 11.5 Å². The van der Waals surface area contributed by atoms with Crippen molar-refractivity contribution in [1.29, 1.82) is 0 Å². The van der Waals surface area contributed by atoms with Gasteiger partial charge in [0.2, 0.25) is 0 Å². The zero-order valence-corrected chi connectivity index (χ0v) is 15.9. The summed E-state index contributed by atoms with van der Waals surface area (Å²) in [6.45, 7) is 3.48. The Morgan fingerprint density at radius 1 is 1.32 bits per heavy atom. The summed E-state index contributed by atoms with van der Waals surface area (Å²) in [5, 5.41) is 9.45. The van der Waals surface area contributed by atoms with Gasteiger partial charge in [0.25, 0.3) is 5.91 Å². The van der Waals surface area contributed by atoms with Gasteiger partial charge in [0, 0.05) is 5.56 Å². The lowest BCUT2D eigenvalue weighted by Gasteiger charge is -2.26. The largest absolute Gasteiger partial charge is 0.497 e. The van der Waals surface area contributed by atoms with Gasteiger partial charge in [-0.25, -0.2) is 4.79 Å². The molecule has 1 aromatic carbocycles. The highest BCUT2D eigenvalue weighted by molar-refractivity contribution is 8.26. The van der Waals surface area contributed by atoms with Crippen LogP contribution in [-0.4, -0.2) is 46.5 Å². The number of hydrogen-bond acceptors (Lipinski definition) is 6. The normalized spacial score (nSPS) is 17.3. The highest BCUT2D eigenvalue weighted by Crippen LogP contribution is 2.37. The number of carboxylic acid groups (broad SMARTS) is 1. The molecule has 0 bridgehead atoms. The molecule has 0 saturated carbocycles. The first-order chi connectivity index (χ1) is 11.8. The third kappa shape index (κ3) is 3.96. The summed E-state index contributed by atoms with van der Waals surface area (Å²) in [5.41, 5.74) is 0.652. The van der Waals surface area contributed by atoms with Gasteiger partial charge in [0.1, 0.15) is 21.9 Å². The topological polar surface area (TPSA) is 76.1 Å². The fraction of sp³-hybridized carbons (Fsp3) is 0.353. The van der Waals surface area contributed by atoms with Crippen molar-refractivity contribution >= 4 is 46.3 Å². The maximum Gasteiger partial charge on any atom is 0.327 e. The lowest BCUT2D eigenvalue weighted by atomic mass is 10.0. The van der Waals surface area contributed by atoms with Crippen molar-refractivity contribution in [2.45, 2.75) is 19.9 Å². The van der Waals surface area contributed by atoms with E-state index in [2.05, 4.69) is 0 Å². The van der Waals surface area contributed by atoms with E-state index in [-0.39, 0.29) is 10.2 Å². The van der Waals surface area contributed by atoms with Crippen molar-refractivity contribution < 1.29 is 24.2 Å². The summed E-state index contributed by atoms with van der Waals surface area (Å²) in [4.78, 5) is 25.8. The van der Waals surface area contributed by atoms with Crippen LogP contribution >= 0.6 is 24.0 Å². The number of amides is 1.